The topological polar surface area (TPSA) is 70.4 Å². The van der Waals surface area contributed by atoms with Crippen molar-refractivity contribution in [3.63, 3.8) is 0 Å². The van der Waals surface area contributed by atoms with Crippen molar-refractivity contribution in [3.05, 3.63) is 30.1 Å². The third-order valence-corrected chi connectivity index (χ3v) is 5.77. The maximum atomic E-state index is 12.6. The van der Waals surface area contributed by atoms with Crippen molar-refractivity contribution in [2.75, 3.05) is 44.2 Å². The number of hydrogen-bond acceptors (Lipinski definition) is 6. The average molecular weight is 384 g/mol. The van der Waals surface area contributed by atoms with Gasteiger partial charge >= 0.3 is 0 Å². The van der Waals surface area contributed by atoms with Crippen molar-refractivity contribution in [2.24, 2.45) is 0 Å². The Morgan fingerprint density at radius 2 is 1.79 bits per heavy atom. The first-order chi connectivity index (χ1) is 13.6. The van der Waals surface area contributed by atoms with Crippen LogP contribution < -0.4 is 4.90 Å². The second-order valence-electron chi connectivity index (χ2n) is 7.85. The number of rotatable bonds is 4. The molecule has 0 N–H and O–H groups in total. The van der Waals surface area contributed by atoms with Gasteiger partial charge in [-0.2, -0.15) is 5.10 Å². The zero-order valence-electron chi connectivity index (χ0n) is 16.8. The molecule has 2 aliphatic rings. The lowest BCUT2D eigenvalue weighted by molar-refractivity contribution is -0.135. The first kappa shape index (κ1) is 18.9. The summed E-state index contributed by atoms with van der Waals surface area (Å²) in [6.07, 6.45) is 5.39. The molecule has 1 atom stereocenters. The van der Waals surface area contributed by atoms with Crippen LogP contribution in [0, 0.1) is 6.92 Å². The van der Waals surface area contributed by atoms with E-state index in [9.17, 15) is 4.79 Å². The molecule has 0 spiro atoms. The Kier molecular flexibility index (Phi) is 5.57. The predicted molar refractivity (Wildman–Crippen MR) is 108 cm³/mol. The van der Waals surface area contributed by atoms with E-state index in [1.54, 1.807) is 4.68 Å². The van der Waals surface area contributed by atoms with E-state index in [1.807, 2.05) is 31.3 Å². The minimum absolute atomic E-state index is 0.277. The van der Waals surface area contributed by atoms with Crippen LogP contribution in [0.1, 0.15) is 31.9 Å². The highest BCUT2D eigenvalue weighted by molar-refractivity contribution is 5.78. The van der Waals surface area contributed by atoms with E-state index < -0.39 is 0 Å². The SMILES string of the molecule is Cc1ccn(-c2ccc(N3CCN(CC(=O)N4CCCCC4C)CC3)nn2)n1. The number of likely N-dealkylation sites (tertiary alicyclic amines) is 1. The highest BCUT2D eigenvalue weighted by Gasteiger charge is 2.26. The van der Waals surface area contributed by atoms with Gasteiger partial charge in [-0.3, -0.25) is 9.69 Å². The number of aromatic nitrogens is 4. The summed E-state index contributed by atoms with van der Waals surface area (Å²) in [5.41, 5.74) is 0.954. The monoisotopic (exact) mass is 383 g/mol. The Balaban J connectivity index is 1.29. The first-order valence-electron chi connectivity index (χ1n) is 10.2. The Labute approximate surface area is 166 Å². The van der Waals surface area contributed by atoms with Gasteiger partial charge in [0.15, 0.2) is 11.6 Å². The van der Waals surface area contributed by atoms with E-state index in [2.05, 4.69) is 36.9 Å². The van der Waals surface area contributed by atoms with Crippen LogP contribution in [0.2, 0.25) is 0 Å². The zero-order chi connectivity index (χ0) is 19.5. The normalized spacial score (nSPS) is 21.1. The van der Waals surface area contributed by atoms with E-state index in [4.69, 9.17) is 0 Å². The predicted octanol–water partition coefficient (Wildman–Crippen LogP) is 1.49. The Hall–Kier alpha value is -2.48. The number of hydrogen-bond donors (Lipinski definition) is 0. The van der Waals surface area contributed by atoms with Crippen LogP contribution in [0.15, 0.2) is 24.4 Å². The fourth-order valence-corrected chi connectivity index (χ4v) is 4.04. The molecule has 2 saturated heterocycles. The lowest BCUT2D eigenvalue weighted by atomic mass is 10.0. The van der Waals surface area contributed by atoms with Crippen LogP contribution in [-0.2, 0) is 4.79 Å². The van der Waals surface area contributed by atoms with Crippen LogP contribution in [0.4, 0.5) is 5.82 Å². The third-order valence-electron chi connectivity index (χ3n) is 5.77. The van der Waals surface area contributed by atoms with Gasteiger partial charge in [-0.05, 0) is 51.3 Å². The second kappa shape index (κ2) is 8.26. The minimum atomic E-state index is 0.277. The summed E-state index contributed by atoms with van der Waals surface area (Å²) < 4.78 is 1.73. The number of carbonyl (C=O) groups excluding carboxylic acids is 1. The molecular weight excluding hydrogens is 354 g/mol. The number of anilines is 1. The van der Waals surface area contributed by atoms with Crippen LogP contribution in [-0.4, -0.2) is 81.0 Å². The van der Waals surface area contributed by atoms with Gasteiger partial charge in [0, 0.05) is 45.0 Å². The van der Waals surface area contributed by atoms with Crippen molar-refractivity contribution in [2.45, 2.75) is 39.2 Å². The smallest absolute Gasteiger partial charge is 0.236 e. The number of carbonyl (C=O) groups is 1. The summed E-state index contributed by atoms with van der Waals surface area (Å²) in [6, 6.07) is 6.27. The molecule has 2 aromatic rings. The molecule has 2 aliphatic heterocycles. The van der Waals surface area contributed by atoms with Crippen molar-refractivity contribution in [3.8, 4) is 5.82 Å². The summed E-state index contributed by atoms with van der Waals surface area (Å²) in [6.45, 7) is 9.02. The standard InChI is InChI=1S/C20H29N7O/c1-16-8-10-27(23-16)19-7-6-18(21-22-19)25-13-11-24(12-14-25)15-20(28)26-9-4-3-5-17(26)2/h6-8,10,17H,3-5,9,11-15H2,1-2H3. The first-order valence-corrected chi connectivity index (χ1v) is 10.2. The molecule has 0 radical (unpaired) electrons. The third kappa shape index (κ3) is 4.16. The molecule has 150 valence electrons. The highest BCUT2D eigenvalue weighted by atomic mass is 16.2. The lowest BCUT2D eigenvalue weighted by Gasteiger charge is -2.38. The molecule has 4 heterocycles. The summed E-state index contributed by atoms with van der Waals surface area (Å²) in [5.74, 6) is 1.87. The Morgan fingerprint density at radius 3 is 2.43 bits per heavy atom. The van der Waals surface area contributed by atoms with E-state index in [1.165, 1.54) is 6.42 Å². The quantitative estimate of drug-likeness (QED) is 0.797. The maximum Gasteiger partial charge on any atom is 0.236 e. The van der Waals surface area contributed by atoms with Gasteiger partial charge in [-0.15, -0.1) is 10.2 Å². The molecule has 0 bridgehead atoms. The summed E-state index contributed by atoms with van der Waals surface area (Å²) >= 11 is 0. The molecule has 4 rings (SSSR count). The summed E-state index contributed by atoms with van der Waals surface area (Å²) in [5, 5.41) is 13.0. The summed E-state index contributed by atoms with van der Waals surface area (Å²) in [7, 11) is 0. The molecule has 2 fully saturated rings. The van der Waals surface area contributed by atoms with E-state index in [-0.39, 0.29) is 5.91 Å². The van der Waals surface area contributed by atoms with Gasteiger partial charge in [-0.1, -0.05) is 0 Å². The fraction of sp³-hybridized carbons (Fsp3) is 0.600. The molecule has 1 unspecified atom stereocenters. The summed E-state index contributed by atoms with van der Waals surface area (Å²) in [4.78, 5) is 19.2. The number of piperazine rings is 1. The van der Waals surface area contributed by atoms with Gasteiger partial charge in [0.05, 0.1) is 12.2 Å². The van der Waals surface area contributed by atoms with Crippen LogP contribution >= 0.6 is 0 Å². The molecule has 0 aliphatic carbocycles. The van der Waals surface area contributed by atoms with Gasteiger partial charge in [0.25, 0.3) is 0 Å². The molecule has 1 amide bonds. The van der Waals surface area contributed by atoms with E-state index in [0.29, 0.717) is 12.6 Å². The lowest BCUT2D eigenvalue weighted by Crippen LogP contribution is -2.52. The second-order valence-corrected chi connectivity index (χ2v) is 7.85. The van der Waals surface area contributed by atoms with Crippen LogP contribution in [0.25, 0.3) is 5.82 Å². The molecule has 0 saturated carbocycles. The van der Waals surface area contributed by atoms with E-state index in [0.717, 1.165) is 62.9 Å². The zero-order valence-corrected chi connectivity index (χ0v) is 16.8. The molecule has 0 aromatic carbocycles. The maximum absolute atomic E-state index is 12.6. The van der Waals surface area contributed by atoms with E-state index >= 15 is 0 Å². The molecule has 2 aromatic heterocycles. The molecular formula is C20H29N7O. The largest absolute Gasteiger partial charge is 0.353 e. The fourth-order valence-electron chi connectivity index (χ4n) is 4.04. The van der Waals surface area contributed by atoms with Gasteiger partial charge in [0.2, 0.25) is 5.91 Å². The Bertz CT molecular complexity index is 795. The van der Waals surface area contributed by atoms with Gasteiger partial charge in [-0.25, -0.2) is 4.68 Å². The number of aryl methyl sites for hydroxylation is 1. The average Bonchev–Trinajstić information content (AvgIpc) is 3.15. The van der Waals surface area contributed by atoms with Crippen LogP contribution in [0.5, 0.6) is 0 Å². The highest BCUT2D eigenvalue weighted by Crippen LogP contribution is 2.18. The molecule has 8 heteroatoms. The molecule has 8 nitrogen and oxygen atoms in total. The van der Waals surface area contributed by atoms with Crippen molar-refractivity contribution < 1.29 is 4.79 Å². The van der Waals surface area contributed by atoms with Gasteiger partial charge < -0.3 is 9.80 Å². The van der Waals surface area contributed by atoms with Crippen molar-refractivity contribution >= 4 is 11.7 Å². The number of amides is 1. The van der Waals surface area contributed by atoms with Crippen LogP contribution in [0.3, 0.4) is 0 Å². The number of piperidine rings is 1. The number of nitrogens with zero attached hydrogens (tertiary/aromatic N) is 7. The van der Waals surface area contributed by atoms with Crippen molar-refractivity contribution in [1.29, 1.82) is 0 Å². The van der Waals surface area contributed by atoms with Crippen molar-refractivity contribution in [1.82, 2.24) is 29.8 Å². The minimum Gasteiger partial charge on any atom is -0.353 e. The van der Waals surface area contributed by atoms with Gasteiger partial charge in [0.1, 0.15) is 0 Å². The molecule has 28 heavy (non-hydrogen) atoms. The Morgan fingerprint density at radius 1 is 1.04 bits per heavy atom.